The minimum atomic E-state index is -0.229. The molecule has 0 N–H and O–H groups in total. The van der Waals surface area contributed by atoms with E-state index in [2.05, 4.69) is 4.98 Å². The normalized spacial score (nSPS) is 19.7. The Hall–Kier alpha value is -1.43. The fraction of sp³-hybridized carbons (Fsp3) is 0.583. The van der Waals surface area contributed by atoms with Gasteiger partial charge in [-0.15, -0.1) is 11.3 Å². The van der Waals surface area contributed by atoms with Crippen LogP contribution < -0.4 is 0 Å². The number of aromatic nitrogens is 1. The molecule has 1 fully saturated rings. The van der Waals surface area contributed by atoms with E-state index in [-0.39, 0.29) is 17.8 Å². The molecule has 98 valence electrons. The van der Waals surface area contributed by atoms with Crippen molar-refractivity contribution in [1.82, 2.24) is 9.88 Å². The van der Waals surface area contributed by atoms with Crippen LogP contribution in [0.3, 0.4) is 0 Å². The molecular formula is C12H16N2O3S. The fourth-order valence-electron chi connectivity index (χ4n) is 2.14. The first kappa shape index (κ1) is 13.0. The number of likely N-dealkylation sites (tertiary alicyclic amines) is 1. The van der Waals surface area contributed by atoms with Crippen LogP contribution in [0.4, 0.5) is 0 Å². The monoisotopic (exact) mass is 268 g/mol. The van der Waals surface area contributed by atoms with Crippen LogP contribution in [0, 0.1) is 12.8 Å². The number of aryl methyl sites for hydroxylation is 1. The zero-order valence-electron chi connectivity index (χ0n) is 10.5. The number of carbonyl (C=O) groups is 2. The summed E-state index contributed by atoms with van der Waals surface area (Å²) in [6.07, 6.45) is 3.23. The van der Waals surface area contributed by atoms with Crippen LogP contribution >= 0.6 is 11.3 Å². The molecule has 6 heteroatoms. The first-order valence-corrected chi connectivity index (χ1v) is 6.73. The van der Waals surface area contributed by atoms with E-state index in [1.807, 2.05) is 6.92 Å². The van der Waals surface area contributed by atoms with E-state index in [0.29, 0.717) is 18.0 Å². The van der Waals surface area contributed by atoms with Gasteiger partial charge in [-0.1, -0.05) is 0 Å². The Morgan fingerprint density at radius 2 is 2.33 bits per heavy atom. The number of esters is 1. The summed E-state index contributed by atoms with van der Waals surface area (Å²) in [7, 11) is 1.38. The SMILES string of the molecule is COC(=O)[C@H]1CCCN(C(=O)c2cnc(C)s2)C1. The van der Waals surface area contributed by atoms with E-state index in [4.69, 9.17) is 4.74 Å². The van der Waals surface area contributed by atoms with Crippen molar-refractivity contribution >= 4 is 23.2 Å². The molecule has 0 radical (unpaired) electrons. The summed E-state index contributed by atoms with van der Waals surface area (Å²) in [4.78, 5) is 30.2. The fourth-order valence-corrected chi connectivity index (χ4v) is 2.88. The highest BCUT2D eigenvalue weighted by Crippen LogP contribution is 2.21. The van der Waals surface area contributed by atoms with Crippen molar-refractivity contribution in [2.45, 2.75) is 19.8 Å². The quantitative estimate of drug-likeness (QED) is 0.762. The van der Waals surface area contributed by atoms with Crippen molar-refractivity contribution in [1.29, 1.82) is 0 Å². The third-order valence-electron chi connectivity index (χ3n) is 3.08. The molecule has 2 rings (SSSR count). The van der Waals surface area contributed by atoms with Gasteiger partial charge in [0.1, 0.15) is 4.88 Å². The highest BCUT2D eigenvalue weighted by Gasteiger charge is 2.30. The van der Waals surface area contributed by atoms with Gasteiger partial charge in [0.15, 0.2) is 0 Å². The van der Waals surface area contributed by atoms with Crippen molar-refractivity contribution in [3.05, 3.63) is 16.1 Å². The third kappa shape index (κ3) is 2.69. The molecule has 1 aliphatic heterocycles. The number of ether oxygens (including phenoxy) is 1. The molecule has 0 spiro atoms. The number of carbonyl (C=O) groups excluding carboxylic acids is 2. The van der Waals surface area contributed by atoms with Crippen LogP contribution in [0.15, 0.2) is 6.20 Å². The Morgan fingerprint density at radius 3 is 2.94 bits per heavy atom. The van der Waals surface area contributed by atoms with Gasteiger partial charge in [0.25, 0.3) is 5.91 Å². The summed E-state index contributed by atoms with van der Waals surface area (Å²) in [5.74, 6) is -0.455. The van der Waals surface area contributed by atoms with Crippen LogP contribution in [0.25, 0.3) is 0 Å². The maximum Gasteiger partial charge on any atom is 0.310 e. The van der Waals surface area contributed by atoms with Crippen LogP contribution in [-0.4, -0.2) is 42.0 Å². The van der Waals surface area contributed by atoms with E-state index in [1.54, 1.807) is 11.1 Å². The summed E-state index contributed by atoms with van der Waals surface area (Å²) < 4.78 is 4.74. The molecule has 0 aliphatic carbocycles. The van der Waals surface area contributed by atoms with Gasteiger partial charge >= 0.3 is 5.97 Å². The Morgan fingerprint density at radius 1 is 1.56 bits per heavy atom. The summed E-state index contributed by atoms with van der Waals surface area (Å²) >= 11 is 1.39. The van der Waals surface area contributed by atoms with Gasteiger partial charge in [-0.05, 0) is 19.8 Å². The molecule has 1 aromatic heterocycles. The van der Waals surface area contributed by atoms with Crippen molar-refractivity contribution in [2.75, 3.05) is 20.2 Å². The Balaban J connectivity index is 2.05. The van der Waals surface area contributed by atoms with E-state index in [9.17, 15) is 9.59 Å². The second-order valence-electron chi connectivity index (χ2n) is 4.36. The lowest BCUT2D eigenvalue weighted by molar-refractivity contribution is -0.146. The second kappa shape index (κ2) is 5.48. The molecule has 1 amide bonds. The Kier molecular flexibility index (Phi) is 3.96. The molecule has 1 atom stereocenters. The molecule has 0 aromatic carbocycles. The minimum Gasteiger partial charge on any atom is -0.469 e. The van der Waals surface area contributed by atoms with Gasteiger partial charge in [-0.2, -0.15) is 0 Å². The van der Waals surface area contributed by atoms with Crippen molar-refractivity contribution < 1.29 is 14.3 Å². The molecule has 18 heavy (non-hydrogen) atoms. The predicted octanol–water partition coefficient (Wildman–Crippen LogP) is 1.48. The Bertz CT molecular complexity index is 458. The zero-order chi connectivity index (χ0) is 13.1. The smallest absolute Gasteiger partial charge is 0.310 e. The van der Waals surface area contributed by atoms with Crippen LogP contribution in [0.2, 0.25) is 0 Å². The molecule has 1 aliphatic rings. The average molecular weight is 268 g/mol. The maximum atomic E-state index is 12.2. The minimum absolute atomic E-state index is 0.0331. The number of thiazole rings is 1. The van der Waals surface area contributed by atoms with Crippen LogP contribution in [0.1, 0.15) is 27.5 Å². The van der Waals surface area contributed by atoms with Gasteiger partial charge in [0.05, 0.1) is 24.2 Å². The molecule has 5 nitrogen and oxygen atoms in total. The van der Waals surface area contributed by atoms with Crippen LogP contribution in [0.5, 0.6) is 0 Å². The molecule has 0 saturated carbocycles. The lowest BCUT2D eigenvalue weighted by Crippen LogP contribution is -2.42. The third-order valence-corrected chi connectivity index (χ3v) is 3.98. The lowest BCUT2D eigenvalue weighted by atomic mass is 9.98. The standard InChI is InChI=1S/C12H16N2O3S/c1-8-13-6-10(18-8)11(15)14-5-3-4-9(7-14)12(16)17-2/h6,9H,3-5,7H2,1-2H3/t9-/m0/s1. The molecule has 0 bridgehead atoms. The number of nitrogens with zero attached hydrogens (tertiary/aromatic N) is 2. The van der Waals surface area contributed by atoms with Crippen molar-refractivity contribution in [3.8, 4) is 0 Å². The van der Waals surface area contributed by atoms with Gasteiger partial charge in [0.2, 0.25) is 0 Å². The number of piperidine rings is 1. The predicted molar refractivity (Wildman–Crippen MR) is 67.5 cm³/mol. The Labute approximate surface area is 110 Å². The van der Waals surface area contributed by atoms with Crippen molar-refractivity contribution in [2.24, 2.45) is 5.92 Å². The number of rotatable bonds is 2. The largest absolute Gasteiger partial charge is 0.469 e. The number of methoxy groups -OCH3 is 1. The molecule has 0 unspecified atom stereocenters. The zero-order valence-corrected chi connectivity index (χ0v) is 11.3. The molecule has 1 saturated heterocycles. The number of hydrogen-bond acceptors (Lipinski definition) is 5. The topological polar surface area (TPSA) is 59.5 Å². The highest BCUT2D eigenvalue weighted by atomic mass is 32.1. The van der Waals surface area contributed by atoms with E-state index in [0.717, 1.165) is 17.8 Å². The van der Waals surface area contributed by atoms with Gasteiger partial charge < -0.3 is 9.64 Å². The van der Waals surface area contributed by atoms with Gasteiger partial charge in [-0.25, -0.2) is 4.98 Å². The van der Waals surface area contributed by atoms with Crippen LogP contribution in [-0.2, 0) is 9.53 Å². The van der Waals surface area contributed by atoms with Gasteiger partial charge in [0, 0.05) is 13.1 Å². The van der Waals surface area contributed by atoms with Gasteiger partial charge in [-0.3, -0.25) is 9.59 Å². The second-order valence-corrected chi connectivity index (χ2v) is 5.59. The molecular weight excluding hydrogens is 252 g/mol. The highest BCUT2D eigenvalue weighted by molar-refractivity contribution is 7.13. The first-order valence-electron chi connectivity index (χ1n) is 5.91. The summed E-state index contributed by atoms with van der Waals surface area (Å²) in [5, 5.41) is 0.875. The first-order chi connectivity index (χ1) is 8.61. The molecule has 2 heterocycles. The summed E-state index contributed by atoms with van der Waals surface area (Å²) in [5.41, 5.74) is 0. The van der Waals surface area contributed by atoms with E-state index < -0.39 is 0 Å². The summed E-state index contributed by atoms with van der Waals surface area (Å²) in [6.45, 7) is 3.01. The average Bonchev–Trinajstić information content (AvgIpc) is 2.83. The molecule has 1 aromatic rings. The number of amides is 1. The number of hydrogen-bond donors (Lipinski definition) is 0. The van der Waals surface area contributed by atoms with E-state index >= 15 is 0 Å². The van der Waals surface area contributed by atoms with Crippen molar-refractivity contribution in [3.63, 3.8) is 0 Å². The van der Waals surface area contributed by atoms with E-state index in [1.165, 1.54) is 18.4 Å². The lowest BCUT2D eigenvalue weighted by Gasteiger charge is -2.30. The maximum absolute atomic E-state index is 12.2. The summed E-state index contributed by atoms with van der Waals surface area (Å²) in [6, 6.07) is 0.